The fourth-order valence-corrected chi connectivity index (χ4v) is 2.85. The Bertz CT molecular complexity index is 716. The molecule has 0 saturated carbocycles. The van der Waals surface area contributed by atoms with Gasteiger partial charge >= 0.3 is 5.97 Å². The lowest BCUT2D eigenvalue weighted by Crippen LogP contribution is -2.46. The monoisotopic (exact) mass is 360 g/mol. The Morgan fingerprint density at radius 3 is 2.40 bits per heavy atom. The van der Waals surface area contributed by atoms with Gasteiger partial charge in [-0.3, -0.25) is 14.4 Å². The van der Waals surface area contributed by atoms with Crippen LogP contribution in [0.1, 0.15) is 34.6 Å². The molecule has 0 aliphatic carbocycles. The third-order valence-electron chi connectivity index (χ3n) is 3.60. The molecule has 0 aliphatic heterocycles. The van der Waals surface area contributed by atoms with E-state index >= 15 is 0 Å². The third kappa shape index (κ3) is 5.42. The van der Waals surface area contributed by atoms with Crippen LogP contribution in [-0.2, 0) is 14.3 Å². The first-order valence-corrected chi connectivity index (χ1v) is 8.65. The molecule has 0 bridgehead atoms. The van der Waals surface area contributed by atoms with E-state index in [-0.39, 0.29) is 18.2 Å². The maximum atomic E-state index is 12.4. The second-order valence-corrected chi connectivity index (χ2v) is 6.37. The molecule has 0 aliphatic rings. The van der Waals surface area contributed by atoms with Crippen molar-refractivity contribution in [3.05, 3.63) is 58.3 Å². The van der Waals surface area contributed by atoms with Crippen molar-refractivity contribution >= 4 is 29.1 Å². The Labute approximate surface area is 150 Å². The van der Waals surface area contributed by atoms with Gasteiger partial charge < -0.3 is 15.4 Å². The Hall–Kier alpha value is -2.67. The smallest absolute Gasteiger partial charge is 0.307 e. The molecule has 1 aromatic carbocycles. The van der Waals surface area contributed by atoms with E-state index in [2.05, 4.69) is 10.6 Å². The highest BCUT2D eigenvalue weighted by atomic mass is 32.1. The average molecular weight is 360 g/mol. The Morgan fingerprint density at radius 1 is 1.08 bits per heavy atom. The molecular weight excluding hydrogens is 340 g/mol. The molecule has 0 radical (unpaired) electrons. The molecule has 2 amide bonds. The van der Waals surface area contributed by atoms with Crippen molar-refractivity contribution in [2.75, 3.05) is 7.11 Å². The Kier molecular flexibility index (Phi) is 6.71. The molecule has 6 nitrogen and oxygen atoms in total. The van der Waals surface area contributed by atoms with Crippen molar-refractivity contribution in [1.82, 2.24) is 10.6 Å². The summed E-state index contributed by atoms with van der Waals surface area (Å²) in [7, 11) is 1.30. The van der Waals surface area contributed by atoms with E-state index in [4.69, 9.17) is 4.74 Å². The summed E-state index contributed by atoms with van der Waals surface area (Å²) in [6.45, 7) is 1.60. The average Bonchev–Trinajstić information content (AvgIpc) is 3.16. The molecule has 0 spiro atoms. The van der Waals surface area contributed by atoms with E-state index in [1.165, 1.54) is 18.4 Å². The topological polar surface area (TPSA) is 84.5 Å². The lowest BCUT2D eigenvalue weighted by Gasteiger charge is -2.21. The zero-order valence-electron chi connectivity index (χ0n) is 14.0. The van der Waals surface area contributed by atoms with Gasteiger partial charge in [-0.2, -0.15) is 0 Å². The lowest BCUT2D eigenvalue weighted by molar-refractivity contribution is -0.141. The zero-order valence-corrected chi connectivity index (χ0v) is 14.8. The normalized spacial score (nSPS) is 12.7. The van der Waals surface area contributed by atoms with E-state index in [1.54, 1.807) is 24.4 Å². The zero-order chi connectivity index (χ0) is 18.2. The number of thiophene rings is 1. The lowest BCUT2D eigenvalue weighted by atomic mass is 10.0. The quantitative estimate of drug-likeness (QED) is 0.742. The van der Waals surface area contributed by atoms with Gasteiger partial charge in [0.05, 0.1) is 24.4 Å². The van der Waals surface area contributed by atoms with E-state index in [1.807, 2.05) is 30.3 Å². The molecule has 2 atom stereocenters. The molecule has 0 fully saturated rings. The number of hydrogen-bond acceptors (Lipinski definition) is 5. The molecule has 2 unspecified atom stereocenters. The Morgan fingerprint density at radius 2 is 1.80 bits per heavy atom. The number of esters is 1. The summed E-state index contributed by atoms with van der Waals surface area (Å²) in [4.78, 5) is 36.6. The highest BCUT2D eigenvalue weighted by molar-refractivity contribution is 7.12. The molecular formula is C18H20N2O4S. The van der Waals surface area contributed by atoms with Crippen molar-refractivity contribution < 1.29 is 19.1 Å². The number of amides is 2. The number of methoxy groups -OCH3 is 1. The van der Waals surface area contributed by atoms with Crippen molar-refractivity contribution in [2.45, 2.75) is 25.4 Å². The van der Waals surface area contributed by atoms with E-state index in [0.29, 0.717) is 4.88 Å². The van der Waals surface area contributed by atoms with Crippen LogP contribution in [0.3, 0.4) is 0 Å². The standard InChI is InChI=1S/C18H20N2O4S/c1-12(19-18(23)15-9-6-10-25-15)17(22)20-14(11-16(21)24-2)13-7-4-3-5-8-13/h3-10,12,14H,11H2,1-2H3,(H,19,23)(H,20,22). The fraction of sp³-hybridized carbons (Fsp3) is 0.278. The summed E-state index contributed by atoms with van der Waals surface area (Å²) < 4.78 is 4.70. The molecule has 1 aromatic heterocycles. The summed E-state index contributed by atoms with van der Waals surface area (Å²) >= 11 is 1.30. The summed E-state index contributed by atoms with van der Waals surface area (Å²) in [5.74, 6) is -1.10. The van der Waals surface area contributed by atoms with Gasteiger partial charge in [-0.15, -0.1) is 11.3 Å². The predicted molar refractivity (Wildman–Crippen MR) is 95.2 cm³/mol. The van der Waals surface area contributed by atoms with E-state index in [0.717, 1.165) is 5.56 Å². The van der Waals surface area contributed by atoms with E-state index < -0.39 is 18.1 Å². The van der Waals surface area contributed by atoms with E-state index in [9.17, 15) is 14.4 Å². The van der Waals surface area contributed by atoms with Crippen molar-refractivity contribution in [3.63, 3.8) is 0 Å². The molecule has 2 N–H and O–H groups in total. The maximum absolute atomic E-state index is 12.4. The number of carbonyl (C=O) groups excluding carboxylic acids is 3. The minimum Gasteiger partial charge on any atom is -0.469 e. The van der Waals surface area contributed by atoms with Crippen molar-refractivity contribution in [3.8, 4) is 0 Å². The highest BCUT2D eigenvalue weighted by Crippen LogP contribution is 2.17. The highest BCUT2D eigenvalue weighted by Gasteiger charge is 2.23. The van der Waals surface area contributed by atoms with Gasteiger partial charge in [0, 0.05) is 0 Å². The van der Waals surface area contributed by atoms with Gasteiger partial charge in [0.25, 0.3) is 5.91 Å². The number of ether oxygens (including phenoxy) is 1. The number of benzene rings is 1. The Balaban J connectivity index is 2.02. The van der Waals surface area contributed by atoms with Crippen LogP contribution in [0.15, 0.2) is 47.8 Å². The largest absolute Gasteiger partial charge is 0.469 e. The van der Waals surface area contributed by atoms with Gasteiger partial charge in [0.15, 0.2) is 0 Å². The third-order valence-corrected chi connectivity index (χ3v) is 4.47. The summed E-state index contributed by atoms with van der Waals surface area (Å²) in [6.07, 6.45) is 0.0118. The van der Waals surface area contributed by atoms with Gasteiger partial charge in [-0.25, -0.2) is 0 Å². The fourth-order valence-electron chi connectivity index (χ4n) is 2.23. The molecule has 0 saturated heterocycles. The maximum Gasteiger partial charge on any atom is 0.307 e. The van der Waals surface area contributed by atoms with Crippen LogP contribution in [0.4, 0.5) is 0 Å². The molecule has 7 heteroatoms. The molecule has 25 heavy (non-hydrogen) atoms. The minimum absolute atomic E-state index is 0.0118. The van der Waals surface area contributed by atoms with Crippen LogP contribution in [0.25, 0.3) is 0 Å². The SMILES string of the molecule is COC(=O)CC(NC(=O)C(C)NC(=O)c1cccs1)c1ccccc1. The van der Waals surface area contributed by atoms with Gasteiger partial charge in [-0.1, -0.05) is 36.4 Å². The number of nitrogens with one attached hydrogen (secondary N) is 2. The molecule has 2 rings (SSSR count). The predicted octanol–water partition coefficient (Wildman–Crippen LogP) is 2.29. The molecule has 1 heterocycles. The first-order chi connectivity index (χ1) is 12.0. The van der Waals surface area contributed by atoms with Crippen LogP contribution in [-0.4, -0.2) is 30.9 Å². The summed E-state index contributed by atoms with van der Waals surface area (Å²) in [6, 6.07) is 11.3. The van der Waals surface area contributed by atoms with Crippen LogP contribution < -0.4 is 10.6 Å². The molecule has 132 valence electrons. The number of hydrogen-bond donors (Lipinski definition) is 2. The van der Waals surface area contributed by atoms with Crippen LogP contribution in [0, 0.1) is 0 Å². The van der Waals surface area contributed by atoms with Crippen molar-refractivity contribution in [2.24, 2.45) is 0 Å². The second-order valence-electron chi connectivity index (χ2n) is 5.42. The summed E-state index contributed by atoms with van der Waals surface area (Å²) in [5, 5.41) is 7.24. The van der Waals surface area contributed by atoms with Crippen LogP contribution in [0.5, 0.6) is 0 Å². The minimum atomic E-state index is -0.738. The second kappa shape index (κ2) is 8.98. The number of carbonyl (C=O) groups is 3. The van der Waals surface area contributed by atoms with Crippen LogP contribution >= 0.6 is 11.3 Å². The summed E-state index contributed by atoms with van der Waals surface area (Å²) in [5.41, 5.74) is 0.790. The molecule has 2 aromatic rings. The number of rotatable bonds is 7. The van der Waals surface area contributed by atoms with Crippen LogP contribution in [0.2, 0.25) is 0 Å². The van der Waals surface area contributed by atoms with Gasteiger partial charge in [0.2, 0.25) is 5.91 Å². The first-order valence-electron chi connectivity index (χ1n) is 7.77. The van der Waals surface area contributed by atoms with Gasteiger partial charge in [0.1, 0.15) is 6.04 Å². The van der Waals surface area contributed by atoms with Crippen molar-refractivity contribution in [1.29, 1.82) is 0 Å². The van der Waals surface area contributed by atoms with Gasteiger partial charge in [-0.05, 0) is 23.9 Å². The first kappa shape index (κ1) is 18.7.